The van der Waals surface area contributed by atoms with E-state index in [-0.39, 0.29) is 11.9 Å². The Morgan fingerprint density at radius 3 is 2.39 bits per heavy atom. The number of benzene rings is 2. The van der Waals surface area contributed by atoms with Crippen molar-refractivity contribution in [3.63, 3.8) is 0 Å². The van der Waals surface area contributed by atoms with Crippen molar-refractivity contribution >= 4 is 28.1 Å². The number of aryl methyl sites for hydroxylation is 1. The zero-order valence-corrected chi connectivity index (χ0v) is 19.8. The summed E-state index contributed by atoms with van der Waals surface area (Å²) in [4.78, 5) is 18.6. The Morgan fingerprint density at radius 1 is 1.00 bits per heavy atom. The van der Waals surface area contributed by atoms with E-state index in [0.717, 1.165) is 38.1 Å². The van der Waals surface area contributed by atoms with Crippen molar-refractivity contribution in [2.75, 3.05) is 17.2 Å². The van der Waals surface area contributed by atoms with Crippen LogP contribution in [0.1, 0.15) is 44.9 Å². The average Bonchev–Trinajstić information content (AvgIpc) is 3.12. The molecule has 2 aromatic heterocycles. The molecule has 5 nitrogen and oxygen atoms in total. The van der Waals surface area contributed by atoms with E-state index < -0.39 is 0 Å². The van der Waals surface area contributed by atoms with Gasteiger partial charge >= 0.3 is 0 Å². The van der Waals surface area contributed by atoms with Crippen molar-refractivity contribution in [2.45, 2.75) is 26.8 Å². The molecule has 0 radical (unpaired) electrons. The second-order valence-corrected chi connectivity index (χ2v) is 8.87. The molecule has 0 bridgehead atoms. The average molecular weight is 458 g/mol. The number of aromatic nitrogens is 1. The molecular weight excluding hydrogens is 430 g/mol. The summed E-state index contributed by atoms with van der Waals surface area (Å²) >= 11 is 1.59. The number of hydrogen-bond acceptors (Lipinski definition) is 5. The van der Waals surface area contributed by atoms with E-state index in [0.29, 0.717) is 12.2 Å². The minimum absolute atomic E-state index is 0.124. The van der Waals surface area contributed by atoms with Gasteiger partial charge in [-0.2, -0.15) is 0 Å². The molecular formula is C27H27N3O2S. The van der Waals surface area contributed by atoms with Crippen LogP contribution in [0, 0.1) is 13.8 Å². The van der Waals surface area contributed by atoms with Crippen LogP contribution in [0.3, 0.4) is 0 Å². The Hall–Kier alpha value is -3.64. The highest BCUT2D eigenvalue weighted by Crippen LogP contribution is 2.41. The molecule has 4 aromatic rings. The highest BCUT2D eigenvalue weighted by Gasteiger charge is 2.25. The zero-order chi connectivity index (χ0) is 23.2. The van der Waals surface area contributed by atoms with Gasteiger partial charge in [0.15, 0.2) is 0 Å². The molecule has 4 rings (SSSR count). The fraction of sp³-hybridized carbons (Fsp3) is 0.185. The van der Waals surface area contributed by atoms with Crippen LogP contribution in [0.5, 0.6) is 5.75 Å². The van der Waals surface area contributed by atoms with Crippen molar-refractivity contribution in [2.24, 2.45) is 0 Å². The standard InChI is InChI=1S/C27H27N3O2S/c1-4-32-22-15-13-20(14-16-22)25(29-23-12-8-9-17-28-23)24-18(2)19(3)33-27(24)30-26(31)21-10-6-5-7-11-21/h5-17,25H,4H2,1-3H3,(H,28,29)(H,30,31)/t25-/m1/s1. The monoisotopic (exact) mass is 457 g/mol. The van der Waals surface area contributed by atoms with Crippen molar-refractivity contribution in [1.82, 2.24) is 4.98 Å². The Morgan fingerprint density at radius 2 is 1.73 bits per heavy atom. The van der Waals surface area contributed by atoms with Gasteiger partial charge in [-0.05, 0) is 68.3 Å². The molecule has 33 heavy (non-hydrogen) atoms. The van der Waals surface area contributed by atoms with Gasteiger partial charge in [0.1, 0.15) is 16.6 Å². The highest BCUT2D eigenvalue weighted by molar-refractivity contribution is 7.16. The third-order valence-electron chi connectivity index (χ3n) is 5.47. The van der Waals surface area contributed by atoms with Crippen LogP contribution in [0.2, 0.25) is 0 Å². The number of rotatable bonds is 8. The van der Waals surface area contributed by atoms with Crippen molar-refractivity contribution in [3.05, 3.63) is 106 Å². The van der Waals surface area contributed by atoms with E-state index in [9.17, 15) is 4.79 Å². The Balaban J connectivity index is 1.75. The van der Waals surface area contributed by atoms with Crippen LogP contribution in [0.4, 0.5) is 10.8 Å². The first-order valence-corrected chi connectivity index (χ1v) is 11.7. The number of thiophene rings is 1. The molecule has 0 unspecified atom stereocenters. The van der Waals surface area contributed by atoms with E-state index in [1.807, 2.05) is 67.6 Å². The SMILES string of the molecule is CCOc1ccc([C@@H](Nc2ccccn2)c2c(NC(=O)c3ccccc3)sc(C)c2C)cc1. The summed E-state index contributed by atoms with van der Waals surface area (Å²) in [7, 11) is 0. The molecule has 0 saturated heterocycles. The summed E-state index contributed by atoms with van der Waals surface area (Å²) in [5.41, 5.74) is 3.87. The molecule has 0 aliphatic carbocycles. The van der Waals surface area contributed by atoms with Crippen LogP contribution in [0.25, 0.3) is 0 Å². The second-order valence-electron chi connectivity index (χ2n) is 7.64. The summed E-state index contributed by atoms with van der Waals surface area (Å²) in [6.45, 7) is 6.77. The van der Waals surface area contributed by atoms with Gasteiger partial charge in [0.25, 0.3) is 5.91 Å². The lowest BCUT2D eigenvalue weighted by atomic mass is 9.96. The van der Waals surface area contributed by atoms with Gasteiger partial charge in [0, 0.05) is 22.2 Å². The van der Waals surface area contributed by atoms with Gasteiger partial charge < -0.3 is 15.4 Å². The maximum atomic E-state index is 13.0. The van der Waals surface area contributed by atoms with Gasteiger partial charge in [-0.15, -0.1) is 11.3 Å². The number of hydrogen-bond donors (Lipinski definition) is 2. The van der Waals surface area contributed by atoms with Crippen LogP contribution in [-0.2, 0) is 0 Å². The number of nitrogens with zero attached hydrogens (tertiary/aromatic N) is 1. The molecule has 1 amide bonds. The van der Waals surface area contributed by atoms with Crippen LogP contribution >= 0.6 is 11.3 Å². The van der Waals surface area contributed by atoms with E-state index >= 15 is 0 Å². The molecule has 1 atom stereocenters. The minimum atomic E-state index is -0.202. The molecule has 0 aliphatic rings. The lowest BCUT2D eigenvalue weighted by Gasteiger charge is -2.22. The van der Waals surface area contributed by atoms with Gasteiger partial charge in [0.2, 0.25) is 0 Å². The molecule has 6 heteroatoms. The number of nitrogens with one attached hydrogen (secondary N) is 2. The molecule has 168 valence electrons. The highest BCUT2D eigenvalue weighted by atomic mass is 32.1. The Bertz CT molecular complexity index is 1210. The van der Waals surface area contributed by atoms with Crippen molar-refractivity contribution in [3.8, 4) is 5.75 Å². The Kier molecular flexibility index (Phi) is 7.05. The fourth-order valence-corrected chi connectivity index (χ4v) is 4.79. The first-order chi connectivity index (χ1) is 16.1. The number of carbonyl (C=O) groups is 1. The number of pyridine rings is 1. The number of carbonyl (C=O) groups excluding carboxylic acids is 1. The number of amides is 1. The third kappa shape index (κ3) is 5.23. The molecule has 0 aliphatic heterocycles. The molecule has 2 N–H and O–H groups in total. The Labute approximate surface area is 198 Å². The minimum Gasteiger partial charge on any atom is -0.494 e. The van der Waals surface area contributed by atoms with Crippen molar-refractivity contribution < 1.29 is 9.53 Å². The molecule has 0 fully saturated rings. The fourth-order valence-electron chi connectivity index (χ4n) is 3.69. The predicted molar refractivity (Wildman–Crippen MR) is 136 cm³/mol. The third-order valence-corrected chi connectivity index (χ3v) is 6.60. The van der Waals surface area contributed by atoms with E-state index in [1.54, 1.807) is 17.5 Å². The zero-order valence-electron chi connectivity index (χ0n) is 19.0. The summed E-state index contributed by atoms with van der Waals surface area (Å²) in [5, 5.41) is 7.56. The normalized spacial score (nSPS) is 11.6. The first kappa shape index (κ1) is 22.6. The lowest BCUT2D eigenvalue weighted by molar-refractivity contribution is 0.102. The van der Waals surface area contributed by atoms with Crippen LogP contribution in [0.15, 0.2) is 79.0 Å². The van der Waals surface area contributed by atoms with Crippen molar-refractivity contribution in [1.29, 1.82) is 0 Å². The summed E-state index contributed by atoms with van der Waals surface area (Å²) < 4.78 is 5.63. The molecule has 2 heterocycles. The largest absolute Gasteiger partial charge is 0.494 e. The maximum Gasteiger partial charge on any atom is 0.256 e. The molecule has 2 aromatic carbocycles. The van der Waals surface area contributed by atoms with Crippen LogP contribution in [-0.4, -0.2) is 17.5 Å². The predicted octanol–water partition coefficient (Wildman–Crippen LogP) is 6.61. The van der Waals surface area contributed by atoms with Gasteiger partial charge in [0.05, 0.1) is 12.6 Å². The first-order valence-electron chi connectivity index (χ1n) is 10.9. The van der Waals surface area contributed by atoms with Crippen LogP contribution < -0.4 is 15.4 Å². The topological polar surface area (TPSA) is 63.2 Å². The second kappa shape index (κ2) is 10.3. The summed E-state index contributed by atoms with van der Waals surface area (Å²) in [6.07, 6.45) is 1.77. The summed E-state index contributed by atoms with van der Waals surface area (Å²) in [6, 6.07) is 22.9. The number of anilines is 2. The van der Waals surface area contributed by atoms with E-state index in [1.165, 1.54) is 0 Å². The maximum absolute atomic E-state index is 13.0. The molecule has 0 spiro atoms. The number of ether oxygens (including phenoxy) is 1. The van der Waals surface area contributed by atoms with E-state index in [2.05, 4.69) is 41.6 Å². The molecule has 0 saturated carbocycles. The smallest absolute Gasteiger partial charge is 0.256 e. The van der Waals surface area contributed by atoms with Gasteiger partial charge in [-0.1, -0.05) is 36.4 Å². The lowest BCUT2D eigenvalue weighted by Crippen LogP contribution is -2.18. The van der Waals surface area contributed by atoms with Gasteiger partial charge in [-0.3, -0.25) is 4.79 Å². The quantitative estimate of drug-likeness (QED) is 0.312. The summed E-state index contributed by atoms with van der Waals surface area (Å²) in [5.74, 6) is 1.47. The van der Waals surface area contributed by atoms with E-state index in [4.69, 9.17) is 4.74 Å². The van der Waals surface area contributed by atoms with Gasteiger partial charge in [-0.25, -0.2) is 4.98 Å².